The number of hydrogen-bond donors (Lipinski definition) is 0. The zero-order valence-corrected chi connectivity index (χ0v) is 16.1. The number of esters is 1. The summed E-state index contributed by atoms with van der Waals surface area (Å²) in [6.07, 6.45) is 3.08. The Labute approximate surface area is 159 Å². The molecule has 0 N–H and O–H groups in total. The number of methoxy groups -OCH3 is 4. The zero-order chi connectivity index (χ0) is 19.8. The molecule has 6 heteroatoms. The number of benzene rings is 2. The Balaban J connectivity index is 2.34. The van der Waals surface area contributed by atoms with Crippen LogP contribution in [0, 0.1) is 0 Å². The highest BCUT2D eigenvalue weighted by Crippen LogP contribution is 2.33. The maximum Gasteiger partial charge on any atom is 0.303 e. The van der Waals surface area contributed by atoms with Crippen molar-refractivity contribution >= 4 is 12.0 Å². The maximum atomic E-state index is 11.6. The highest BCUT2D eigenvalue weighted by molar-refractivity contribution is 5.67. The topological polar surface area (TPSA) is 63.2 Å². The fourth-order valence-electron chi connectivity index (χ4n) is 2.58. The minimum atomic E-state index is -0.574. The van der Waals surface area contributed by atoms with E-state index in [2.05, 4.69) is 0 Å². The second-order valence-corrected chi connectivity index (χ2v) is 5.62. The first kappa shape index (κ1) is 20.2. The molecule has 0 spiro atoms. The molecule has 0 heterocycles. The lowest BCUT2D eigenvalue weighted by molar-refractivity contribution is -0.144. The summed E-state index contributed by atoms with van der Waals surface area (Å²) in [6, 6.07) is 10.9. The van der Waals surface area contributed by atoms with E-state index in [4.69, 9.17) is 23.7 Å². The monoisotopic (exact) mass is 372 g/mol. The average Bonchev–Trinajstić information content (AvgIpc) is 2.69. The van der Waals surface area contributed by atoms with E-state index >= 15 is 0 Å². The van der Waals surface area contributed by atoms with E-state index in [1.165, 1.54) is 6.92 Å². The van der Waals surface area contributed by atoms with Crippen molar-refractivity contribution in [2.45, 2.75) is 13.0 Å². The van der Waals surface area contributed by atoms with Crippen molar-refractivity contribution in [1.82, 2.24) is 0 Å². The third-order valence-electron chi connectivity index (χ3n) is 3.90. The highest BCUT2D eigenvalue weighted by atomic mass is 16.5. The quantitative estimate of drug-likeness (QED) is 0.652. The van der Waals surface area contributed by atoms with Gasteiger partial charge in [0.25, 0.3) is 0 Å². The molecule has 0 saturated carbocycles. The number of rotatable bonds is 8. The summed E-state index contributed by atoms with van der Waals surface area (Å²) in [6.45, 7) is 1.37. The lowest BCUT2D eigenvalue weighted by Gasteiger charge is -2.16. The van der Waals surface area contributed by atoms with Crippen molar-refractivity contribution in [2.75, 3.05) is 28.4 Å². The van der Waals surface area contributed by atoms with Crippen LogP contribution in [0.5, 0.6) is 23.0 Å². The van der Waals surface area contributed by atoms with Crippen LogP contribution in [-0.4, -0.2) is 34.4 Å². The lowest BCUT2D eigenvalue weighted by atomic mass is 10.1. The molecule has 6 nitrogen and oxygen atoms in total. The van der Waals surface area contributed by atoms with E-state index < -0.39 is 6.10 Å². The first-order valence-corrected chi connectivity index (χ1v) is 8.31. The predicted molar refractivity (Wildman–Crippen MR) is 103 cm³/mol. The molecule has 0 amide bonds. The summed E-state index contributed by atoms with van der Waals surface area (Å²) in [7, 11) is 6.29. The van der Waals surface area contributed by atoms with Gasteiger partial charge in [0.05, 0.1) is 28.4 Å². The first-order chi connectivity index (χ1) is 13.0. The van der Waals surface area contributed by atoms with Gasteiger partial charge in [-0.25, -0.2) is 0 Å². The van der Waals surface area contributed by atoms with E-state index in [0.717, 1.165) is 11.1 Å². The molecule has 0 aliphatic carbocycles. The van der Waals surface area contributed by atoms with Crippen molar-refractivity contribution in [3.63, 3.8) is 0 Å². The second-order valence-electron chi connectivity index (χ2n) is 5.62. The van der Waals surface area contributed by atoms with Crippen molar-refractivity contribution in [3.05, 3.63) is 53.6 Å². The molecule has 0 aromatic heterocycles. The number of hydrogen-bond acceptors (Lipinski definition) is 6. The van der Waals surface area contributed by atoms with Gasteiger partial charge in [-0.3, -0.25) is 4.79 Å². The largest absolute Gasteiger partial charge is 0.493 e. The molecule has 2 aromatic carbocycles. The molecule has 2 aromatic rings. The van der Waals surface area contributed by atoms with Gasteiger partial charge in [0.15, 0.2) is 23.0 Å². The second kappa shape index (κ2) is 9.52. The van der Waals surface area contributed by atoms with Crippen molar-refractivity contribution in [3.8, 4) is 23.0 Å². The average molecular weight is 372 g/mol. The maximum absolute atomic E-state index is 11.6. The fourth-order valence-corrected chi connectivity index (χ4v) is 2.58. The first-order valence-electron chi connectivity index (χ1n) is 8.31. The van der Waals surface area contributed by atoms with Crippen LogP contribution in [0.3, 0.4) is 0 Å². The van der Waals surface area contributed by atoms with Crippen molar-refractivity contribution in [1.29, 1.82) is 0 Å². The minimum absolute atomic E-state index is 0.383. The summed E-state index contributed by atoms with van der Waals surface area (Å²) in [5.41, 5.74) is 1.64. The molecule has 0 bridgehead atoms. The van der Waals surface area contributed by atoms with Gasteiger partial charge in [-0.05, 0) is 35.9 Å². The molecule has 144 valence electrons. The summed E-state index contributed by atoms with van der Waals surface area (Å²) >= 11 is 0. The van der Waals surface area contributed by atoms with Gasteiger partial charge in [-0.15, -0.1) is 0 Å². The Morgan fingerprint density at radius 2 is 1.37 bits per heavy atom. The van der Waals surface area contributed by atoms with E-state index in [1.54, 1.807) is 46.6 Å². The van der Waals surface area contributed by atoms with Crippen LogP contribution in [0.2, 0.25) is 0 Å². The van der Waals surface area contributed by atoms with Gasteiger partial charge in [0.2, 0.25) is 0 Å². The van der Waals surface area contributed by atoms with E-state index in [1.807, 2.05) is 30.3 Å². The summed E-state index contributed by atoms with van der Waals surface area (Å²) in [5, 5.41) is 0. The van der Waals surface area contributed by atoms with Crippen molar-refractivity contribution < 1.29 is 28.5 Å². The molecule has 27 heavy (non-hydrogen) atoms. The molecule has 2 rings (SSSR count). The van der Waals surface area contributed by atoms with Crippen LogP contribution in [-0.2, 0) is 9.53 Å². The van der Waals surface area contributed by atoms with Gasteiger partial charge in [-0.1, -0.05) is 18.2 Å². The molecule has 1 atom stereocenters. The number of carbonyl (C=O) groups is 1. The van der Waals surface area contributed by atoms with Crippen LogP contribution >= 0.6 is 0 Å². The molecule has 0 aliphatic heterocycles. The molecule has 1 unspecified atom stereocenters. The van der Waals surface area contributed by atoms with Crippen LogP contribution in [0.1, 0.15) is 24.2 Å². The zero-order valence-electron chi connectivity index (χ0n) is 16.1. The molecule has 0 fully saturated rings. The molecular weight excluding hydrogens is 348 g/mol. The Kier molecular flexibility index (Phi) is 7.11. The summed E-state index contributed by atoms with van der Waals surface area (Å²) in [4.78, 5) is 11.6. The van der Waals surface area contributed by atoms with Crippen LogP contribution in [0.15, 0.2) is 42.5 Å². The molecule has 0 radical (unpaired) electrons. The Hall–Kier alpha value is -3.15. The Morgan fingerprint density at radius 1 is 0.815 bits per heavy atom. The Bertz CT molecular complexity index is 812. The van der Waals surface area contributed by atoms with Crippen LogP contribution < -0.4 is 18.9 Å². The van der Waals surface area contributed by atoms with E-state index in [-0.39, 0.29) is 5.97 Å². The lowest BCUT2D eigenvalue weighted by Crippen LogP contribution is -2.06. The molecule has 0 saturated heterocycles. The van der Waals surface area contributed by atoms with Crippen LogP contribution in [0.25, 0.3) is 6.08 Å². The van der Waals surface area contributed by atoms with Gasteiger partial charge >= 0.3 is 5.97 Å². The number of carbonyl (C=O) groups excluding carboxylic acids is 1. The smallest absolute Gasteiger partial charge is 0.303 e. The highest BCUT2D eigenvalue weighted by Gasteiger charge is 2.15. The normalized spacial score (nSPS) is 11.7. The SMILES string of the molecule is COc1ccc(/C=C/C(OC(C)=O)c2ccc(OC)c(OC)c2)cc1OC. The van der Waals surface area contributed by atoms with Crippen molar-refractivity contribution in [2.24, 2.45) is 0 Å². The van der Waals surface area contributed by atoms with Gasteiger partial charge in [0, 0.05) is 12.5 Å². The molecular formula is C21H24O6. The minimum Gasteiger partial charge on any atom is -0.493 e. The van der Waals surface area contributed by atoms with Gasteiger partial charge in [-0.2, -0.15) is 0 Å². The fraction of sp³-hybridized carbons (Fsp3) is 0.286. The summed E-state index contributed by atoms with van der Waals surface area (Å²) < 4.78 is 26.6. The summed E-state index contributed by atoms with van der Waals surface area (Å²) in [5.74, 6) is 2.05. The van der Waals surface area contributed by atoms with E-state index in [9.17, 15) is 4.79 Å². The van der Waals surface area contributed by atoms with Crippen LogP contribution in [0.4, 0.5) is 0 Å². The van der Waals surface area contributed by atoms with Gasteiger partial charge < -0.3 is 23.7 Å². The molecule has 0 aliphatic rings. The standard InChI is InChI=1S/C21H24O6/c1-14(22)27-17(16-8-11-19(24-3)21(13-16)26-5)9-6-15-7-10-18(23-2)20(12-15)25-4/h6-13,17H,1-5H3/b9-6+. The predicted octanol–water partition coefficient (Wildman–Crippen LogP) is 4.04. The third-order valence-corrected chi connectivity index (χ3v) is 3.90. The third kappa shape index (κ3) is 5.17. The van der Waals surface area contributed by atoms with E-state index in [0.29, 0.717) is 23.0 Å². The Morgan fingerprint density at radius 3 is 1.93 bits per heavy atom. The van der Waals surface area contributed by atoms with Gasteiger partial charge in [0.1, 0.15) is 6.10 Å². The number of ether oxygens (including phenoxy) is 5.